The van der Waals surface area contributed by atoms with Crippen LogP contribution in [0.25, 0.3) is 0 Å². The van der Waals surface area contributed by atoms with E-state index in [9.17, 15) is 5.11 Å². The minimum absolute atomic E-state index is 0.408. The summed E-state index contributed by atoms with van der Waals surface area (Å²) in [6.07, 6.45) is 5.02. The minimum Gasteiger partial charge on any atom is -0.385 e. The molecule has 0 aliphatic carbocycles. The molecule has 5 nitrogen and oxygen atoms in total. The summed E-state index contributed by atoms with van der Waals surface area (Å²) in [5.74, 6) is 2.54. The summed E-state index contributed by atoms with van der Waals surface area (Å²) in [5.41, 5.74) is 0. The van der Waals surface area contributed by atoms with Crippen molar-refractivity contribution in [2.75, 3.05) is 20.1 Å². The fraction of sp³-hybridized carbons (Fsp3) is 0.846. The maximum Gasteiger partial charge on any atom is 0.161 e. The molecular weight excluding hydrogens is 228 g/mol. The van der Waals surface area contributed by atoms with Crippen molar-refractivity contribution < 1.29 is 5.11 Å². The van der Waals surface area contributed by atoms with Gasteiger partial charge in [-0.3, -0.25) is 0 Å². The number of hydrogen-bond acceptors (Lipinski definition) is 4. The summed E-state index contributed by atoms with van der Waals surface area (Å²) in [6.45, 7) is 3.34. The molecule has 0 saturated carbocycles. The molecule has 0 spiro atoms. The Morgan fingerprint density at radius 2 is 2.06 bits per heavy atom. The average molecular weight is 250 g/mol. The van der Waals surface area contributed by atoms with Crippen LogP contribution in [0.1, 0.15) is 43.4 Å². The van der Waals surface area contributed by atoms with Crippen molar-refractivity contribution in [2.45, 2.75) is 44.8 Å². The molecule has 18 heavy (non-hydrogen) atoms. The third-order valence-corrected chi connectivity index (χ3v) is 4.21. The van der Waals surface area contributed by atoms with Crippen LogP contribution in [-0.2, 0) is 13.0 Å². The highest BCUT2D eigenvalue weighted by molar-refractivity contribution is 5.03. The van der Waals surface area contributed by atoms with E-state index < -0.39 is 6.10 Å². The summed E-state index contributed by atoms with van der Waals surface area (Å²) in [4.78, 5) is 2.40. The molecule has 5 heteroatoms. The zero-order valence-corrected chi connectivity index (χ0v) is 11.0. The lowest BCUT2D eigenvalue weighted by Crippen LogP contribution is -2.33. The van der Waals surface area contributed by atoms with Gasteiger partial charge in [0.25, 0.3) is 0 Å². The molecule has 1 saturated heterocycles. The number of fused-ring (bicyclic) bond motifs is 1. The predicted molar refractivity (Wildman–Crippen MR) is 68.1 cm³/mol. The number of aliphatic hydroxyl groups excluding tert-OH is 1. The van der Waals surface area contributed by atoms with Crippen molar-refractivity contribution >= 4 is 0 Å². The van der Waals surface area contributed by atoms with Gasteiger partial charge in [-0.1, -0.05) is 0 Å². The molecule has 2 aliphatic heterocycles. The maximum absolute atomic E-state index is 9.89. The molecule has 1 N–H and O–H groups in total. The van der Waals surface area contributed by atoms with Crippen LogP contribution < -0.4 is 0 Å². The van der Waals surface area contributed by atoms with Gasteiger partial charge >= 0.3 is 0 Å². The molecule has 0 amide bonds. The molecule has 100 valence electrons. The third kappa shape index (κ3) is 2.29. The van der Waals surface area contributed by atoms with Crippen LogP contribution in [0.15, 0.2) is 0 Å². The number of aliphatic hydroxyl groups is 1. The average Bonchev–Trinajstić information content (AvgIpc) is 2.74. The lowest BCUT2D eigenvalue weighted by Gasteiger charge is -2.29. The first kappa shape index (κ1) is 12.1. The second kappa shape index (κ2) is 4.97. The van der Waals surface area contributed by atoms with E-state index in [0.717, 1.165) is 44.0 Å². The third-order valence-electron chi connectivity index (χ3n) is 4.21. The normalized spacial score (nSPS) is 29.2. The van der Waals surface area contributed by atoms with Gasteiger partial charge in [-0.05, 0) is 45.2 Å². The maximum atomic E-state index is 9.89. The van der Waals surface area contributed by atoms with Gasteiger partial charge in [0, 0.05) is 19.5 Å². The highest BCUT2D eigenvalue weighted by Gasteiger charge is 2.25. The van der Waals surface area contributed by atoms with Gasteiger partial charge in [-0.15, -0.1) is 10.2 Å². The number of nitrogens with zero attached hydrogens (tertiary/aromatic N) is 4. The molecule has 1 aromatic rings. The highest BCUT2D eigenvalue weighted by atomic mass is 16.3. The number of likely N-dealkylation sites (tertiary alicyclic amines) is 1. The van der Waals surface area contributed by atoms with Crippen molar-refractivity contribution in [1.82, 2.24) is 19.7 Å². The van der Waals surface area contributed by atoms with Gasteiger partial charge in [-0.2, -0.15) is 0 Å². The first-order valence-electron chi connectivity index (χ1n) is 7.02. The van der Waals surface area contributed by atoms with Crippen molar-refractivity contribution in [3.05, 3.63) is 11.6 Å². The molecule has 2 aliphatic rings. The Kier molecular flexibility index (Phi) is 3.35. The lowest BCUT2D eigenvalue weighted by molar-refractivity contribution is 0.132. The van der Waals surface area contributed by atoms with E-state index >= 15 is 0 Å². The summed E-state index contributed by atoms with van der Waals surface area (Å²) in [6, 6.07) is 0. The molecule has 0 bridgehead atoms. The Morgan fingerprint density at radius 3 is 2.89 bits per heavy atom. The zero-order chi connectivity index (χ0) is 12.5. The second-order valence-electron chi connectivity index (χ2n) is 5.76. The van der Waals surface area contributed by atoms with Gasteiger partial charge in [0.2, 0.25) is 0 Å². The summed E-state index contributed by atoms with van der Waals surface area (Å²) < 4.78 is 2.14. The number of rotatable bonds is 2. The van der Waals surface area contributed by atoms with E-state index in [0.29, 0.717) is 5.92 Å². The van der Waals surface area contributed by atoms with E-state index in [-0.39, 0.29) is 0 Å². The number of hydrogen-bond donors (Lipinski definition) is 1. The van der Waals surface area contributed by atoms with Crippen LogP contribution in [0.4, 0.5) is 0 Å². The molecule has 2 atom stereocenters. The van der Waals surface area contributed by atoms with Gasteiger partial charge < -0.3 is 14.6 Å². The standard InChI is InChI=1S/C13H22N4O/c1-16-6-2-4-10(9-16)8-12-14-15-13-11(18)5-3-7-17(12)13/h10-11,18H,2-9H2,1H3. The van der Waals surface area contributed by atoms with Crippen LogP contribution in [0.2, 0.25) is 0 Å². The van der Waals surface area contributed by atoms with Gasteiger partial charge in [0.05, 0.1) is 0 Å². The van der Waals surface area contributed by atoms with Gasteiger partial charge in [-0.25, -0.2) is 0 Å². The molecule has 1 fully saturated rings. The molecule has 3 rings (SSSR count). The largest absolute Gasteiger partial charge is 0.385 e. The molecular formula is C13H22N4O. The Bertz CT molecular complexity index is 417. The SMILES string of the molecule is CN1CCCC(Cc2nnc3n2CCCC3O)C1. The van der Waals surface area contributed by atoms with Crippen LogP contribution in [0, 0.1) is 5.92 Å². The molecule has 0 radical (unpaired) electrons. The topological polar surface area (TPSA) is 54.2 Å². The Balaban J connectivity index is 1.73. The Hall–Kier alpha value is -0.940. The van der Waals surface area contributed by atoms with Crippen LogP contribution in [0.3, 0.4) is 0 Å². The van der Waals surface area contributed by atoms with Crippen molar-refractivity contribution in [3.8, 4) is 0 Å². The number of piperidine rings is 1. The Morgan fingerprint density at radius 1 is 1.22 bits per heavy atom. The van der Waals surface area contributed by atoms with E-state index in [1.54, 1.807) is 0 Å². The van der Waals surface area contributed by atoms with Crippen LogP contribution in [0.5, 0.6) is 0 Å². The fourth-order valence-electron chi connectivity index (χ4n) is 3.26. The van der Waals surface area contributed by atoms with E-state index in [1.165, 1.54) is 19.4 Å². The molecule has 1 aromatic heterocycles. The van der Waals surface area contributed by atoms with E-state index in [1.807, 2.05) is 0 Å². The lowest BCUT2D eigenvalue weighted by atomic mass is 9.94. The highest BCUT2D eigenvalue weighted by Crippen LogP contribution is 2.26. The minimum atomic E-state index is -0.408. The molecule has 3 heterocycles. The summed E-state index contributed by atoms with van der Waals surface area (Å²) in [7, 11) is 2.19. The smallest absolute Gasteiger partial charge is 0.161 e. The molecule has 2 unspecified atom stereocenters. The van der Waals surface area contributed by atoms with Crippen molar-refractivity contribution in [3.63, 3.8) is 0 Å². The zero-order valence-electron chi connectivity index (χ0n) is 11.0. The number of aromatic nitrogens is 3. The fourth-order valence-corrected chi connectivity index (χ4v) is 3.26. The van der Waals surface area contributed by atoms with Crippen molar-refractivity contribution in [2.24, 2.45) is 5.92 Å². The molecule has 0 aromatic carbocycles. The monoisotopic (exact) mass is 250 g/mol. The quantitative estimate of drug-likeness (QED) is 0.850. The first-order valence-corrected chi connectivity index (χ1v) is 7.02. The first-order chi connectivity index (χ1) is 8.74. The van der Waals surface area contributed by atoms with Crippen molar-refractivity contribution in [1.29, 1.82) is 0 Å². The Labute approximate surface area is 108 Å². The van der Waals surface area contributed by atoms with Crippen LogP contribution in [-0.4, -0.2) is 44.9 Å². The van der Waals surface area contributed by atoms with Crippen LogP contribution >= 0.6 is 0 Å². The van der Waals surface area contributed by atoms with E-state index in [2.05, 4.69) is 26.7 Å². The second-order valence-corrected chi connectivity index (χ2v) is 5.76. The summed E-state index contributed by atoms with van der Waals surface area (Å²) >= 11 is 0. The summed E-state index contributed by atoms with van der Waals surface area (Å²) in [5, 5.41) is 18.4. The van der Waals surface area contributed by atoms with Gasteiger partial charge in [0.1, 0.15) is 11.9 Å². The van der Waals surface area contributed by atoms with Gasteiger partial charge in [0.15, 0.2) is 5.82 Å². The predicted octanol–water partition coefficient (Wildman–Crippen LogP) is 0.990. The van der Waals surface area contributed by atoms with E-state index in [4.69, 9.17) is 0 Å².